The molecule has 2 aromatic carbocycles. The van der Waals surface area contributed by atoms with Gasteiger partial charge in [0.05, 0.1) is 35.2 Å². The van der Waals surface area contributed by atoms with Gasteiger partial charge in [-0.1, -0.05) is 30.3 Å². The second-order valence-corrected chi connectivity index (χ2v) is 8.64. The van der Waals surface area contributed by atoms with Gasteiger partial charge in [-0.25, -0.2) is 4.98 Å². The van der Waals surface area contributed by atoms with Crippen molar-refractivity contribution >= 4 is 16.9 Å². The van der Waals surface area contributed by atoms with E-state index >= 15 is 0 Å². The van der Waals surface area contributed by atoms with Gasteiger partial charge in [0.25, 0.3) is 5.91 Å². The van der Waals surface area contributed by atoms with Crippen molar-refractivity contribution in [1.82, 2.24) is 14.9 Å². The molecule has 2 saturated heterocycles. The fraction of sp³-hybridized carbons (Fsp3) is 0.440. The molecular formula is C25H29N3O3. The topological polar surface area (TPSA) is 67.5 Å². The molecule has 5 rings (SSSR count). The second kappa shape index (κ2) is 8.44. The van der Waals surface area contributed by atoms with Crippen LogP contribution < -0.4 is 0 Å². The van der Waals surface area contributed by atoms with E-state index in [4.69, 9.17) is 9.47 Å². The van der Waals surface area contributed by atoms with Crippen molar-refractivity contribution in [1.29, 1.82) is 0 Å². The van der Waals surface area contributed by atoms with E-state index in [2.05, 4.69) is 41.2 Å². The number of likely N-dealkylation sites (tertiary alicyclic amines) is 1. The van der Waals surface area contributed by atoms with Crippen LogP contribution in [-0.4, -0.2) is 52.2 Å². The summed E-state index contributed by atoms with van der Waals surface area (Å²) >= 11 is 0. The number of benzene rings is 2. The molecule has 2 aliphatic rings. The largest absolute Gasteiger partial charge is 0.378 e. The number of hydrogen-bond acceptors (Lipinski definition) is 4. The molecule has 6 nitrogen and oxygen atoms in total. The molecule has 2 atom stereocenters. The number of H-pyrrole nitrogens is 1. The molecule has 2 unspecified atom stereocenters. The number of hydrogen-bond donors (Lipinski definition) is 1. The van der Waals surface area contributed by atoms with Gasteiger partial charge in [0.15, 0.2) is 0 Å². The number of nitrogens with zero attached hydrogens (tertiary/aromatic N) is 2. The number of aromatic amines is 1. The summed E-state index contributed by atoms with van der Waals surface area (Å²) < 4.78 is 12.8. The fourth-order valence-corrected chi connectivity index (χ4v) is 5.06. The first-order chi connectivity index (χ1) is 15.2. The van der Waals surface area contributed by atoms with Crippen LogP contribution in [0.4, 0.5) is 0 Å². The number of aromatic nitrogens is 2. The average molecular weight is 420 g/mol. The maximum absolute atomic E-state index is 13.1. The Hall–Kier alpha value is -2.70. The average Bonchev–Trinajstić information content (AvgIpc) is 3.28. The molecule has 0 saturated carbocycles. The van der Waals surface area contributed by atoms with E-state index in [0.717, 1.165) is 36.7 Å². The van der Waals surface area contributed by atoms with E-state index in [-0.39, 0.29) is 23.7 Å². The van der Waals surface area contributed by atoms with Gasteiger partial charge < -0.3 is 19.4 Å². The number of amides is 1. The molecule has 3 heterocycles. The summed E-state index contributed by atoms with van der Waals surface area (Å²) in [5, 5.41) is 0. The lowest BCUT2D eigenvalue weighted by Crippen LogP contribution is -2.52. The van der Waals surface area contributed by atoms with E-state index in [0.29, 0.717) is 25.3 Å². The Morgan fingerprint density at radius 1 is 1.23 bits per heavy atom. The van der Waals surface area contributed by atoms with Crippen LogP contribution in [0.3, 0.4) is 0 Å². The Morgan fingerprint density at radius 2 is 2.03 bits per heavy atom. The molecule has 162 valence electrons. The lowest BCUT2D eigenvalue weighted by Gasteiger charge is -2.48. The van der Waals surface area contributed by atoms with Crippen LogP contribution in [-0.2, 0) is 9.47 Å². The smallest absolute Gasteiger partial charge is 0.253 e. The zero-order valence-electron chi connectivity index (χ0n) is 17.9. The zero-order valence-corrected chi connectivity index (χ0v) is 17.9. The Bertz CT molecular complexity index is 1040. The summed E-state index contributed by atoms with van der Waals surface area (Å²) in [5.41, 5.74) is 3.44. The molecule has 1 spiro atoms. The molecule has 0 aliphatic carbocycles. The fourth-order valence-electron chi connectivity index (χ4n) is 5.06. The molecule has 2 fully saturated rings. The van der Waals surface area contributed by atoms with Crippen LogP contribution in [0.1, 0.15) is 54.6 Å². The number of carbonyl (C=O) groups excluding carboxylic acids is 1. The van der Waals surface area contributed by atoms with E-state index in [1.165, 1.54) is 5.56 Å². The van der Waals surface area contributed by atoms with Gasteiger partial charge in [-0.3, -0.25) is 4.79 Å². The minimum absolute atomic E-state index is 0.0385. The maximum Gasteiger partial charge on any atom is 0.253 e. The molecule has 6 heteroatoms. The minimum atomic E-state index is -0.233. The molecule has 1 amide bonds. The number of imidazole rings is 1. The van der Waals surface area contributed by atoms with Gasteiger partial charge in [-0.2, -0.15) is 0 Å². The van der Waals surface area contributed by atoms with Crippen LogP contribution in [0.2, 0.25) is 0 Å². The summed E-state index contributed by atoms with van der Waals surface area (Å²) in [4.78, 5) is 22.4. The SMILES string of the molecule is CCOC1CC(c2ccccc2)OC2(CCN(C(=O)c3ccc4nc[nH]c4c3)CC2)C1. The molecule has 0 radical (unpaired) electrons. The lowest BCUT2D eigenvalue weighted by molar-refractivity contribution is -0.190. The third kappa shape index (κ3) is 4.10. The Labute approximate surface area is 182 Å². The van der Waals surface area contributed by atoms with Gasteiger partial charge in [0, 0.05) is 38.1 Å². The zero-order chi connectivity index (χ0) is 21.3. The molecule has 3 aromatic rings. The first-order valence-corrected chi connectivity index (χ1v) is 11.2. The van der Waals surface area contributed by atoms with Crippen molar-refractivity contribution in [3.8, 4) is 0 Å². The van der Waals surface area contributed by atoms with Crippen LogP contribution in [0.15, 0.2) is 54.9 Å². The first kappa shape index (κ1) is 20.2. The molecular weight excluding hydrogens is 390 g/mol. The van der Waals surface area contributed by atoms with Crippen molar-refractivity contribution in [3.63, 3.8) is 0 Å². The normalized spacial score (nSPS) is 23.3. The number of ether oxygens (including phenoxy) is 2. The van der Waals surface area contributed by atoms with Crippen LogP contribution in [0, 0.1) is 0 Å². The quantitative estimate of drug-likeness (QED) is 0.676. The van der Waals surface area contributed by atoms with Gasteiger partial charge in [0.1, 0.15) is 0 Å². The maximum atomic E-state index is 13.1. The molecule has 31 heavy (non-hydrogen) atoms. The highest BCUT2D eigenvalue weighted by Crippen LogP contribution is 2.44. The van der Waals surface area contributed by atoms with Crippen molar-refractivity contribution < 1.29 is 14.3 Å². The Kier molecular flexibility index (Phi) is 5.50. The first-order valence-electron chi connectivity index (χ1n) is 11.2. The van der Waals surface area contributed by atoms with E-state index in [9.17, 15) is 4.79 Å². The Balaban J connectivity index is 1.30. The van der Waals surface area contributed by atoms with Crippen molar-refractivity contribution in [2.45, 2.75) is 50.4 Å². The summed E-state index contributed by atoms with van der Waals surface area (Å²) in [6, 6.07) is 16.1. The van der Waals surface area contributed by atoms with E-state index < -0.39 is 0 Å². The van der Waals surface area contributed by atoms with Crippen molar-refractivity contribution in [2.75, 3.05) is 19.7 Å². The number of nitrogens with one attached hydrogen (secondary N) is 1. The van der Waals surface area contributed by atoms with Crippen molar-refractivity contribution in [2.24, 2.45) is 0 Å². The highest BCUT2D eigenvalue weighted by molar-refractivity contribution is 5.97. The summed E-state index contributed by atoms with van der Waals surface area (Å²) in [6.45, 7) is 4.15. The lowest BCUT2D eigenvalue weighted by atomic mass is 9.80. The third-order valence-corrected chi connectivity index (χ3v) is 6.67. The highest BCUT2D eigenvalue weighted by atomic mass is 16.5. The van der Waals surface area contributed by atoms with E-state index in [1.807, 2.05) is 29.2 Å². The summed E-state index contributed by atoms with van der Waals surface area (Å²) in [6.07, 6.45) is 5.32. The third-order valence-electron chi connectivity index (χ3n) is 6.67. The molecule has 2 aliphatic heterocycles. The number of carbonyl (C=O) groups is 1. The number of rotatable bonds is 4. The van der Waals surface area contributed by atoms with Crippen LogP contribution in [0.5, 0.6) is 0 Å². The van der Waals surface area contributed by atoms with E-state index in [1.54, 1.807) is 6.33 Å². The molecule has 0 bridgehead atoms. The monoisotopic (exact) mass is 419 g/mol. The number of fused-ring (bicyclic) bond motifs is 1. The van der Waals surface area contributed by atoms with Gasteiger partial charge >= 0.3 is 0 Å². The minimum Gasteiger partial charge on any atom is -0.378 e. The van der Waals surface area contributed by atoms with Gasteiger partial charge in [-0.15, -0.1) is 0 Å². The molecule has 1 N–H and O–H groups in total. The van der Waals surface area contributed by atoms with Crippen LogP contribution in [0.25, 0.3) is 11.0 Å². The summed E-state index contributed by atoms with van der Waals surface area (Å²) in [5.74, 6) is 0.0723. The Morgan fingerprint density at radius 3 is 2.81 bits per heavy atom. The predicted octanol–water partition coefficient (Wildman–Crippen LogP) is 4.49. The second-order valence-electron chi connectivity index (χ2n) is 8.64. The number of piperidine rings is 1. The standard InChI is InChI=1S/C25H29N3O3/c1-2-30-20-15-23(18-6-4-3-5-7-18)31-25(16-20)10-12-28(13-11-25)24(29)19-8-9-21-22(14-19)27-17-26-21/h3-9,14,17,20,23H,2,10-13,15-16H2,1H3,(H,26,27). The van der Waals surface area contributed by atoms with Gasteiger partial charge in [-0.05, 0) is 43.5 Å². The van der Waals surface area contributed by atoms with Crippen LogP contribution >= 0.6 is 0 Å². The molecule has 1 aromatic heterocycles. The predicted molar refractivity (Wildman–Crippen MR) is 119 cm³/mol. The summed E-state index contributed by atoms with van der Waals surface area (Å²) in [7, 11) is 0. The van der Waals surface area contributed by atoms with Gasteiger partial charge in [0.2, 0.25) is 0 Å². The highest BCUT2D eigenvalue weighted by Gasteiger charge is 2.45. The van der Waals surface area contributed by atoms with Crippen molar-refractivity contribution in [3.05, 3.63) is 66.0 Å².